The summed E-state index contributed by atoms with van der Waals surface area (Å²) in [5.41, 5.74) is 13.0. The lowest BCUT2D eigenvalue weighted by atomic mass is 9.59. The minimum absolute atomic E-state index is 0.0222. The van der Waals surface area contributed by atoms with Crippen molar-refractivity contribution >= 4 is 81.3 Å². The zero-order chi connectivity index (χ0) is 58.5. The van der Waals surface area contributed by atoms with Crippen LogP contribution in [-0.4, -0.2) is 54.0 Å². The zero-order valence-electron chi connectivity index (χ0n) is 50.4. The van der Waals surface area contributed by atoms with Crippen LogP contribution in [0, 0.1) is 22.7 Å². The molecule has 0 radical (unpaired) electrons. The molecule has 8 atom stereocenters. The fraction of sp³-hybridized carbons (Fsp3) is 0.424. The summed E-state index contributed by atoms with van der Waals surface area (Å²) in [6.07, 6.45) is 6.23. The first-order valence-corrected chi connectivity index (χ1v) is 33.3. The van der Waals surface area contributed by atoms with Gasteiger partial charge in [0.1, 0.15) is 24.2 Å². The third kappa shape index (κ3) is 9.02. The van der Waals surface area contributed by atoms with Gasteiger partial charge in [0.05, 0.1) is 5.48 Å². The first kappa shape index (κ1) is 50.2. The molecule has 8 nitrogen and oxygen atoms in total. The molecule has 4 spiro atoms. The molecule has 6 aromatic carbocycles. The van der Waals surface area contributed by atoms with Crippen molar-refractivity contribution in [2.24, 2.45) is 44.1 Å². The number of hydrogen-bond donors (Lipinski definition) is 2. The van der Waals surface area contributed by atoms with Crippen LogP contribution in [0.15, 0.2) is 177 Å². The maximum Gasteiger partial charge on any atom is 0.283 e. The SMILES string of the molecule is [2H]C1([2H])OC(N)=NC12c1cc(Br)ccc1C[C@@]21CC[C@H](O[Si](c2ccccc2)(c2ccccc2)C(C)(C)C)[C@@H](C)C1.[2H]C1([2H])OC(N)=NC12c1cc(Br)ccc1C[C@]21CC[C@@H](O[Si](c2ccccc2)(c2ccccc2)C(C)(C)C)[C@H](C)C1. The normalized spacial score (nSPS) is 30.4. The summed E-state index contributed by atoms with van der Waals surface area (Å²) in [5, 5.41) is 4.88. The second kappa shape index (κ2) is 20.6. The number of ether oxygens (including phenoxy) is 2. The highest BCUT2D eigenvalue weighted by atomic mass is 79.9. The van der Waals surface area contributed by atoms with Gasteiger partial charge in [0.2, 0.25) is 0 Å². The van der Waals surface area contributed by atoms with Gasteiger partial charge in [-0.1, -0.05) is 221 Å². The number of fused-ring (bicyclic) bond motifs is 6. The van der Waals surface area contributed by atoms with Gasteiger partial charge in [-0.25, -0.2) is 9.98 Å². The summed E-state index contributed by atoms with van der Waals surface area (Å²) in [5.74, 6) is 0.348. The van der Waals surface area contributed by atoms with Gasteiger partial charge in [-0.05, 0) is 141 Å². The molecule has 2 unspecified atom stereocenters. The molecule has 4 aliphatic carbocycles. The standard InChI is InChI=1S/2C33H39BrN2O2Si/c2*1-23-20-32(21-24-15-16-25(34)19-28(24)33(32)22-37-30(35)36-33)18-17-29(23)38-39(31(2,3)4,26-11-7-5-8-12-26)27-13-9-6-10-14-27/h2*5-16,19,23,29H,17-18,20-22H2,1-4H3,(H2,35,36)/t2*23-,29-,32-,33?/m10/s1/i2*22D2. The predicted molar refractivity (Wildman–Crippen MR) is 330 cm³/mol. The summed E-state index contributed by atoms with van der Waals surface area (Å²) in [6, 6.07) is 55.3. The quantitative estimate of drug-likeness (QED) is 0.147. The van der Waals surface area contributed by atoms with E-state index in [0.717, 1.165) is 82.6 Å². The topological polar surface area (TPSA) is 114 Å². The Morgan fingerprint density at radius 1 is 0.526 bits per heavy atom. The summed E-state index contributed by atoms with van der Waals surface area (Å²) in [7, 11) is -5.46. The molecule has 6 aliphatic rings. The molecule has 12 heteroatoms. The number of aliphatic imine (C=N–C) groups is 2. The minimum atomic E-state index is -2.73. The molecule has 2 heterocycles. The molecule has 2 fully saturated rings. The lowest BCUT2D eigenvalue weighted by Crippen LogP contribution is -2.68. The van der Waals surface area contributed by atoms with E-state index in [-0.39, 0.29) is 46.2 Å². The van der Waals surface area contributed by atoms with Crippen LogP contribution in [0.1, 0.15) is 122 Å². The van der Waals surface area contributed by atoms with Gasteiger partial charge in [0.15, 0.2) is 0 Å². The summed E-state index contributed by atoms with van der Waals surface area (Å²) in [4.78, 5) is 9.69. The summed E-state index contributed by atoms with van der Waals surface area (Å²) in [6.45, 7) is 14.3. The number of nitrogens with two attached hydrogens (primary N) is 2. The number of rotatable bonds is 8. The van der Waals surface area contributed by atoms with Crippen LogP contribution in [0.2, 0.25) is 10.1 Å². The van der Waals surface area contributed by atoms with E-state index in [1.54, 1.807) is 0 Å². The van der Waals surface area contributed by atoms with Crippen molar-refractivity contribution in [1.29, 1.82) is 0 Å². The van der Waals surface area contributed by atoms with Crippen LogP contribution in [0.3, 0.4) is 0 Å². The maximum atomic E-state index is 9.10. The molecule has 0 saturated heterocycles. The third-order valence-electron chi connectivity index (χ3n) is 18.7. The molecule has 6 aromatic rings. The van der Waals surface area contributed by atoms with Gasteiger partial charge in [-0.3, -0.25) is 0 Å². The Morgan fingerprint density at radius 3 is 1.12 bits per heavy atom. The lowest BCUT2D eigenvalue weighted by Gasteiger charge is -2.52. The Labute approximate surface area is 488 Å². The molecule has 0 amide bonds. The molecule has 78 heavy (non-hydrogen) atoms. The van der Waals surface area contributed by atoms with Gasteiger partial charge < -0.3 is 29.8 Å². The molecule has 0 aromatic heterocycles. The Kier molecular flexibility index (Phi) is 13.3. The van der Waals surface area contributed by atoms with E-state index in [1.807, 2.05) is 24.3 Å². The molecule has 2 aliphatic heterocycles. The second-order valence-corrected chi connectivity index (χ2v) is 35.7. The van der Waals surface area contributed by atoms with Crippen LogP contribution in [0.5, 0.6) is 0 Å². The molecular formula is C66H78Br2N4O4Si2. The maximum absolute atomic E-state index is 9.10. The fourth-order valence-corrected chi connectivity index (χ4v) is 25.6. The lowest BCUT2D eigenvalue weighted by molar-refractivity contribution is -0.0187. The van der Waals surface area contributed by atoms with E-state index < -0.39 is 51.7 Å². The highest BCUT2D eigenvalue weighted by Gasteiger charge is 2.65. The van der Waals surface area contributed by atoms with Gasteiger partial charge in [0.25, 0.3) is 28.7 Å². The Bertz CT molecular complexity index is 3100. The second-order valence-electron chi connectivity index (χ2n) is 25.3. The van der Waals surface area contributed by atoms with E-state index >= 15 is 0 Å². The van der Waals surface area contributed by atoms with Gasteiger partial charge in [0, 0.05) is 32.0 Å². The minimum Gasteiger partial charge on any atom is -0.462 e. The van der Waals surface area contributed by atoms with Crippen molar-refractivity contribution in [2.75, 3.05) is 13.1 Å². The van der Waals surface area contributed by atoms with E-state index in [2.05, 4.69) is 221 Å². The van der Waals surface area contributed by atoms with Crippen molar-refractivity contribution in [3.63, 3.8) is 0 Å². The van der Waals surface area contributed by atoms with Crippen molar-refractivity contribution in [2.45, 2.75) is 140 Å². The van der Waals surface area contributed by atoms with Crippen LogP contribution in [0.25, 0.3) is 0 Å². The number of halogens is 2. The van der Waals surface area contributed by atoms with E-state index in [4.69, 9.17) is 45.3 Å². The van der Waals surface area contributed by atoms with E-state index in [9.17, 15) is 0 Å². The van der Waals surface area contributed by atoms with Gasteiger partial charge in [-0.2, -0.15) is 0 Å². The van der Waals surface area contributed by atoms with Crippen molar-refractivity contribution in [1.82, 2.24) is 0 Å². The largest absolute Gasteiger partial charge is 0.462 e. The van der Waals surface area contributed by atoms with E-state index in [0.29, 0.717) is 0 Å². The molecule has 408 valence electrons. The smallest absolute Gasteiger partial charge is 0.283 e. The highest BCUT2D eigenvalue weighted by Crippen LogP contribution is 2.64. The third-order valence-corrected chi connectivity index (χ3v) is 29.8. The number of hydrogen-bond acceptors (Lipinski definition) is 8. The van der Waals surface area contributed by atoms with E-state index in [1.165, 1.54) is 20.7 Å². The molecular weight excluding hydrogens is 1130 g/mol. The van der Waals surface area contributed by atoms with Crippen molar-refractivity contribution in [3.05, 3.63) is 189 Å². The van der Waals surface area contributed by atoms with Crippen molar-refractivity contribution < 1.29 is 23.8 Å². The molecule has 12 rings (SSSR count). The Hall–Kier alpha value is -4.83. The number of amidine groups is 2. The number of nitrogens with zero attached hydrogens (tertiary/aromatic N) is 2. The van der Waals surface area contributed by atoms with Crippen LogP contribution in [0.4, 0.5) is 0 Å². The van der Waals surface area contributed by atoms with Gasteiger partial charge in [-0.15, -0.1) is 0 Å². The zero-order valence-corrected chi connectivity index (χ0v) is 51.6. The average Bonchev–Trinajstić information content (AvgIpc) is 1.78. The molecule has 2 saturated carbocycles. The van der Waals surface area contributed by atoms with Gasteiger partial charge >= 0.3 is 0 Å². The van der Waals surface area contributed by atoms with Crippen LogP contribution < -0.4 is 32.2 Å². The monoisotopic (exact) mass is 1210 g/mol. The number of benzene rings is 6. The Balaban J connectivity index is 0.000000172. The van der Waals surface area contributed by atoms with Crippen molar-refractivity contribution in [3.8, 4) is 0 Å². The fourth-order valence-electron chi connectivity index (χ4n) is 15.3. The molecule has 0 bridgehead atoms. The first-order chi connectivity index (χ1) is 38.7. The van der Waals surface area contributed by atoms with Crippen LogP contribution in [-0.2, 0) is 42.2 Å². The molecule has 4 N–H and O–H groups in total. The Morgan fingerprint density at radius 2 is 0.846 bits per heavy atom. The predicted octanol–water partition coefficient (Wildman–Crippen LogP) is 12.6. The first-order valence-electron chi connectivity index (χ1n) is 29.9. The average molecular weight is 1210 g/mol. The summed E-state index contributed by atoms with van der Waals surface area (Å²) < 4.78 is 64.7. The van der Waals surface area contributed by atoms with Crippen LogP contribution >= 0.6 is 31.9 Å². The summed E-state index contributed by atoms with van der Waals surface area (Å²) >= 11 is 7.24. The highest BCUT2D eigenvalue weighted by molar-refractivity contribution is 9.10.